The van der Waals surface area contributed by atoms with Crippen LogP contribution in [0.2, 0.25) is 0 Å². The molecule has 0 aliphatic carbocycles. The van der Waals surface area contributed by atoms with E-state index in [0.29, 0.717) is 12.3 Å². The van der Waals surface area contributed by atoms with E-state index in [9.17, 15) is 5.11 Å². The highest BCUT2D eigenvalue weighted by atomic mass is 32.2. The maximum atomic E-state index is 9.76. The molecule has 0 saturated carbocycles. The summed E-state index contributed by atoms with van der Waals surface area (Å²) in [5.74, 6) is 2.06. The Labute approximate surface area is 124 Å². The lowest BCUT2D eigenvalue weighted by Gasteiger charge is -2.08. The summed E-state index contributed by atoms with van der Waals surface area (Å²) in [4.78, 5) is 1.28. The number of methoxy groups -OCH3 is 1. The van der Waals surface area contributed by atoms with Crippen molar-refractivity contribution in [3.05, 3.63) is 54.1 Å². The van der Waals surface area contributed by atoms with Crippen molar-refractivity contribution in [1.82, 2.24) is 5.32 Å². The first kappa shape index (κ1) is 14.8. The predicted molar refractivity (Wildman–Crippen MR) is 83.5 cm³/mol. The van der Waals surface area contributed by atoms with E-state index in [1.807, 2.05) is 36.0 Å². The van der Waals surface area contributed by atoms with Gasteiger partial charge in [-0.25, -0.2) is 0 Å². The van der Waals surface area contributed by atoms with Gasteiger partial charge in [0.2, 0.25) is 0 Å². The van der Waals surface area contributed by atoms with Crippen LogP contribution in [0, 0.1) is 0 Å². The van der Waals surface area contributed by atoms with Gasteiger partial charge < -0.3 is 15.2 Å². The molecule has 0 bridgehead atoms. The van der Waals surface area contributed by atoms with Crippen LogP contribution in [0.25, 0.3) is 0 Å². The summed E-state index contributed by atoms with van der Waals surface area (Å²) in [6.45, 7) is 1.52. The van der Waals surface area contributed by atoms with E-state index < -0.39 is 0 Å². The highest BCUT2D eigenvalue weighted by Crippen LogP contribution is 2.22. The van der Waals surface area contributed by atoms with E-state index >= 15 is 0 Å². The second kappa shape index (κ2) is 7.82. The summed E-state index contributed by atoms with van der Waals surface area (Å²) in [6.07, 6.45) is 0. The van der Waals surface area contributed by atoms with Crippen molar-refractivity contribution in [1.29, 1.82) is 0 Å². The average molecular weight is 289 g/mol. The molecule has 0 fully saturated rings. The topological polar surface area (TPSA) is 41.5 Å². The van der Waals surface area contributed by atoms with Crippen molar-refractivity contribution in [3.8, 4) is 11.5 Å². The fourth-order valence-electron chi connectivity index (χ4n) is 1.81. The summed E-state index contributed by atoms with van der Waals surface area (Å²) in [6, 6.07) is 15.6. The Morgan fingerprint density at radius 2 is 1.95 bits per heavy atom. The Kier molecular flexibility index (Phi) is 5.77. The number of benzene rings is 2. The van der Waals surface area contributed by atoms with Crippen molar-refractivity contribution in [3.63, 3.8) is 0 Å². The summed E-state index contributed by atoms with van der Waals surface area (Å²) < 4.78 is 5.15. The Morgan fingerprint density at radius 3 is 2.70 bits per heavy atom. The molecule has 0 amide bonds. The van der Waals surface area contributed by atoms with Crippen molar-refractivity contribution in [2.24, 2.45) is 0 Å². The first-order chi connectivity index (χ1) is 9.79. The minimum atomic E-state index is 0.300. The molecule has 0 aliphatic rings. The van der Waals surface area contributed by atoms with Crippen LogP contribution in [0.4, 0.5) is 0 Å². The van der Waals surface area contributed by atoms with E-state index in [4.69, 9.17) is 4.74 Å². The standard InChI is InChI=1S/C16H19NO2S/c1-19-14-7-8-16(18)13(11-14)12-17-9-10-20-15-5-3-2-4-6-15/h2-8,11,17-18H,9-10,12H2,1H3. The van der Waals surface area contributed by atoms with Crippen molar-refractivity contribution < 1.29 is 9.84 Å². The number of hydrogen-bond acceptors (Lipinski definition) is 4. The van der Waals surface area contributed by atoms with E-state index in [1.165, 1.54) is 4.90 Å². The fourth-order valence-corrected chi connectivity index (χ4v) is 2.64. The molecule has 0 heterocycles. The summed E-state index contributed by atoms with van der Waals surface area (Å²) in [5, 5.41) is 13.1. The van der Waals surface area contributed by atoms with E-state index in [0.717, 1.165) is 23.6 Å². The SMILES string of the molecule is COc1ccc(O)c(CNCCSc2ccccc2)c1. The maximum Gasteiger partial charge on any atom is 0.120 e. The molecule has 3 nitrogen and oxygen atoms in total. The lowest BCUT2D eigenvalue weighted by molar-refractivity contribution is 0.410. The van der Waals surface area contributed by atoms with Gasteiger partial charge in [0, 0.05) is 29.3 Å². The first-order valence-corrected chi connectivity index (χ1v) is 7.52. The number of phenols is 1. The second-order valence-corrected chi connectivity index (χ2v) is 5.50. The lowest BCUT2D eigenvalue weighted by Crippen LogP contribution is -2.16. The van der Waals surface area contributed by atoms with Crippen molar-refractivity contribution >= 4 is 11.8 Å². The number of hydrogen-bond donors (Lipinski definition) is 2. The van der Waals surface area contributed by atoms with Crippen LogP contribution in [-0.4, -0.2) is 24.5 Å². The summed E-state index contributed by atoms with van der Waals surface area (Å²) in [5.41, 5.74) is 0.856. The molecule has 0 unspecified atom stereocenters. The zero-order chi connectivity index (χ0) is 14.2. The third-order valence-corrected chi connectivity index (χ3v) is 3.91. The van der Waals surface area contributed by atoms with Gasteiger partial charge in [-0.2, -0.15) is 0 Å². The van der Waals surface area contributed by atoms with Gasteiger partial charge in [0.25, 0.3) is 0 Å². The number of thioether (sulfide) groups is 1. The monoisotopic (exact) mass is 289 g/mol. The highest BCUT2D eigenvalue weighted by molar-refractivity contribution is 7.99. The Bertz CT molecular complexity index is 531. The molecule has 2 rings (SSSR count). The molecule has 0 saturated heterocycles. The quantitative estimate of drug-likeness (QED) is 0.606. The normalized spacial score (nSPS) is 10.4. The Hall–Kier alpha value is -1.65. The van der Waals surface area contributed by atoms with Crippen molar-refractivity contribution in [2.45, 2.75) is 11.4 Å². The van der Waals surface area contributed by atoms with Gasteiger partial charge in [-0.3, -0.25) is 0 Å². The molecule has 2 N–H and O–H groups in total. The second-order valence-electron chi connectivity index (χ2n) is 4.33. The van der Waals surface area contributed by atoms with Crippen LogP contribution in [-0.2, 0) is 6.54 Å². The van der Waals surface area contributed by atoms with Crippen LogP contribution in [0.1, 0.15) is 5.56 Å². The number of aromatic hydroxyl groups is 1. The number of rotatable bonds is 7. The van der Waals surface area contributed by atoms with Gasteiger partial charge in [0.15, 0.2) is 0 Å². The molecule has 0 atom stereocenters. The van der Waals surface area contributed by atoms with E-state index in [1.54, 1.807) is 19.2 Å². The van der Waals surface area contributed by atoms with Gasteiger partial charge in [0.05, 0.1) is 7.11 Å². The molecule has 0 radical (unpaired) electrons. The van der Waals surface area contributed by atoms with Crippen LogP contribution in [0.15, 0.2) is 53.4 Å². The van der Waals surface area contributed by atoms with Gasteiger partial charge in [0.1, 0.15) is 11.5 Å². The van der Waals surface area contributed by atoms with Gasteiger partial charge in [-0.1, -0.05) is 18.2 Å². The van der Waals surface area contributed by atoms with Crippen LogP contribution >= 0.6 is 11.8 Å². The lowest BCUT2D eigenvalue weighted by atomic mass is 10.2. The zero-order valence-electron chi connectivity index (χ0n) is 11.5. The van der Waals surface area contributed by atoms with Gasteiger partial charge in [-0.05, 0) is 30.3 Å². The molecule has 2 aromatic rings. The average Bonchev–Trinajstić information content (AvgIpc) is 2.50. The Morgan fingerprint density at radius 1 is 1.15 bits per heavy atom. The molecular formula is C16H19NO2S. The fraction of sp³-hybridized carbons (Fsp3) is 0.250. The summed E-state index contributed by atoms with van der Waals surface area (Å²) in [7, 11) is 1.63. The largest absolute Gasteiger partial charge is 0.508 e. The third kappa shape index (κ3) is 4.47. The number of ether oxygens (including phenoxy) is 1. The minimum Gasteiger partial charge on any atom is -0.508 e. The summed E-state index contributed by atoms with van der Waals surface area (Å²) >= 11 is 1.82. The van der Waals surface area contributed by atoms with Gasteiger partial charge >= 0.3 is 0 Å². The highest BCUT2D eigenvalue weighted by Gasteiger charge is 2.02. The van der Waals surface area contributed by atoms with Crippen LogP contribution in [0.5, 0.6) is 11.5 Å². The number of nitrogens with one attached hydrogen (secondary N) is 1. The minimum absolute atomic E-state index is 0.300. The van der Waals surface area contributed by atoms with E-state index in [-0.39, 0.29) is 0 Å². The van der Waals surface area contributed by atoms with Crippen LogP contribution in [0.3, 0.4) is 0 Å². The molecule has 2 aromatic carbocycles. The predicted octanol–water partition coefficient (Wildman–Crippen LogP) is 3.28. The van der Waals surface area contributed by atoms with E-state index in [2.05, 4.69) is 17.4 Å². The molecule has 0 aliphatic heterocycles. The van der Waals surface area contributed by atoms with Gasteiger partial charge in [-0.15, -0.1) is 11.8 Å². The molecular weight excluding hydrogens is 270 g/mol. The molecule has 106 valence electrons. The molecule has 0 spiro atoms. The number of phenolic OH excluding ortho intramolecular Hbond substituents is 1. The zero-order valence-corrected chi connectivity index (χ0v) is 12.3. The van der Waals surface area contributed by atoms with Crippen LogP contribution < -0.4 is 10.1 Å². The molecule has 4 heteroatoms. The first-order valence-electron chi connectivity index (χ1n) is 6.54. The smallest absolute Gasteiger partial charge is 0.120 e. The Balaban J connectivity index is 1.73. The molecule has 0 aromatic heterocycles. The molecule has 20 heavy (non-hydrogen) atoms. The van der Waals surface area contributed by atoms with Crippen molar-refractivity contribution in [2.75, 3.05) is 19.4 Å². The third-order valence-electron chi connectivity index (χ3n) is 2.89. The maximum absolute atomic E-state index is 9.76.